The van der Waals surface area contributed by atoms with E-state index in [1.807, 2.05) is 0 Å². The first-order chi connectivity index (χ1) is 5.52. The van der Waals surface area contributed by atoms with Crippen molar-refractivity contribution < 1.29 is 5.11 Å². The number of hydrogen-bond donors (Lipinski definition) is 1. The molecule has 0 atom stereocenters. The van der Waals surface area contributed by atoms with Crippen LogP contribution in [-0.2, 0) is 0 Å². The van der Waals surface area contributed by atoms with E-state index in [0.29, 0.717) is 5.41 Å². The van der Waals surface area contributed by atoms with E-state index in [2.05, 4.69) is 20.8 Å². The van der Waals surface area contributed by atoms with Gasteiger partial charge in [0.15, 0.2) is 0 Å². The molecule has 0 aromatic rings. The minimum absolute atomic E-state index is 0.00904. The molecule has 0 spiro atoms. The second kappa shape index (κ2) is 3.78. The van der Waals surface area contributed by atoms with Crippen LogP contribution in [0.2, 0.25) is 0 Å². The van der Waals surface area contributed by atoms with Crippen LogP contribution >= 0.6 is 0 Å². The molecule has 0 bridgehead atoms. The van der Waals surface area contributed by atoms with E-state index in [0.717, 1.165) is 18.8 Å². The molecule has 12 heavy (non-hydrogen) atoms. The summed E-state index contributed by atoms with van der Waals surface area (Å²) in [6, 6.07) is 0. The minimum Gasteiger partial charge on any atom is -0.393 e. The normalized spacial score (nSPS) is 37.2. The molecule has 0 aliphatic heterocycles. The molecule has 1 fully saturated rings. The van der Waals surface area contributed by atoms with Crippen LogP contribution in [-0.4, -0.2) is 11.2 Å². The fraction of sp³-hybridized carbons (Fsp3) is 1.00. The molecule has 0 heterocycles. The third kappa shape index (κ3) is 2.78. The van der Waals surface area contributed by atoms with Crippen LogP contribution in [0.1, 0.15) is 52.9 Å². The minimum atomic E-state index is -0.00904. The zero-order valence-electron chi connectivity index (χ0n) is 8.64. The zero-order valence-corrected chi connectivity index (χ0v) is 8.64. The molecule has 1 heteroatoms. The second-order valence-electron chi connectivity index (χ2n) is 5.14. The summed E-state index contributed by atoms with van der Waals surface area (Å²) >= 11 is 0. The maximum Gasteiger partial charge on any atom is 0.0540 e. The molecule has 0 aromatic carbocycles. The van der Waals surface area contributed by atoms with Gasteiger partial charge in [0.2, 0.25) is 0 Å². The third-order valence-electron chi connectivity index (χ3n) is 3.06. The van der Waals surface area contributed by atoms with Crippen LogP contribution in [0.3, 0.4) is 0 Å². The maximum atomic E-state index is 9.38. The van der Waals surface area contributed by atoms with Crippen LogP contribution in [0.15, 0.2) is 0 Å². The molecule has 1 nitrogen and oxygen atoms in total. The van der Waals surface area contributed by atoms with Gasteiger partial charge in [-0.2, -0.15) is 0 Å². The van der Waals surface area contributed by atoms with Gasteiger partial charge in [0.05, 0.1) is 6.10 Å². The average Bonchev–Trinajstić information content (AvgIpc) is 1.94. The molecule has 72 valence electrons. The molecule has 0 unspecified atom stereocenters. The summed E-state index contributed by atoms with van der Waals surface area (Å²) in [6.45, 7) is 6.95. The van der Waals surface area contributed by atoms with Crippen LogP contribution < -0.4 is 0 Å². The Kier molecular flexibility index (Phi) is 3.16. The van der Waals surface area contributed by atoms with Gasteiger partial charge in [-0.15, -0.1) is 0 Å². The Morgan fingerprint density at radius 1 is 1.33 bits per heavy atom. The molecule has 0 aromatic heterocycles. The lowest BCUT2D eigenvalue weighted by Crippen LogP contribution is -2.28. The van der Waals surface area contributed by atoms with Gasteiger partial charge in [-0.1, -0.05) is 20.8 Å². The fourth-order valence-electron chi connectivity index (χ4n) is 2.49. The summed E-state index contributed by atoms with van der Waals surface area (Å²) in [5, 5.41) is 9.38. The number of hydrogen-bond acceptors (Lipinski definition) is 1. The maximum absolute atomic E-state index is 9.38. The van der Waals surface area contributed by atoms with Crippen molar-refractivity contribution in [3.05, 3.63) is 0 Å². The predicted octanol–water partition coefficient (Wildman–Crippen LogP) is 2.97. The van der Waals surface area contributed by atoms with Gasteiger partial charge >= 0.3 is 0 Å². The largest absolute Gasteiger partial charge is 0.393 e. The van der Waals surface area contributed by atoms with Crippen molar-refractivity contribution in [1.29, 1.82) is 0 Å². The highest BCUT2D eigenvalue weighted by Crippen LogP contribution is 2.40. The fourth-order valence-corrected chi connectivity index (χ4v) is 2.49. The SMILES string of the molecule is CC(C)CC1(C)CCC(O)CC1. The van der Waals surface area contributed by atoms with E-state index in [-0.39, 0.29) is 6.10 Å². The van der Waals surface area contributed by atoms with E-state index < -0.39 is 0 Å². The third-order valence-corrected chi connectivity index (χ3v) is 3.06. The van der Waals surface area contributed by atoms with Crippen molar-refractivity contribution in [2.75, 3.05) is 0 Å². The van der Waals surface area contributed by atoms with E-state index >= 15 is 0 Å². The van der Waals surface area contributed by atoms with Gasteiger partial charge in [0.1, 0.15) is 0 Å². The van der Waals surface area contributed by atoms with Crippen LogP contribution in [0.25, 0.3) is 0 Å². The van der Waals surface area contributed by atoms with Crippen LogP contribution in [0.4, 0.5) is 0 Å². The zero-order chi connectivity index (χ0) is 9.19. The molecule has 0 amide bonds. The summed E-state index contributed by atoms with van der Waals surface area (Å²) in [5.74, 6) is 0.797. The van der Waals surface area contributed by atoms with Crippen molar-refractivity contribution in [1.82, 2.24) is 0 Å². The van der Waals surface area contributed by atoms with Crippen molar-refractivity contribution in [2.45, 2.75) is 59.0 Å². The quantitative estimate of drug-likeness (QED) is 0.675. The van der Waals surface area contributed by atoms with E-state index in [1.54, 1.807) is 0 Å². The standard InChI is InChI=1S/C11H22O/c1-9(2)8-11(3)6-4-10(12)5-7-11/h9-10,12H,4-8H2,1-3H3. The summed E-state index contributed by atoms with van der Waals surface area (Å²) in [4.78, 5) is 0. The Morgan fingerprint density at radius 3 is 2.25 bits per heavy atom. The molecule has 0 radical (unpaired) electrons. The molecule has 1 rings (SSSR count). The first-order valence-electron chi connectivity index (χ1n) is 5.20. The lowest BCUT2D eigenvalue weighted by molar-refractivity contribution is 0.0605. The first kappa shape index (κ1) is 10.0. The summed E-state index contributed by atoms with van der Waals surface area (Å²) in [7, 11) is 0. The number of rotatable bonds is 2. The molecule has 1 N–H and O–H groups in total. The number of aliphatic hydroxyl groups is 1. The molecule has 1 saturated carbocycles. The Hall–Kier alpha value is -0.0400. The smallest absolute Gasteiger partial charge is 0.0540 e. The lowest BCUT2D eigenvalue weighted by atomic mass is 9.70. The van der Waals surface area contributed by atoms with Gasteiger partial charge in [-0.05, 0) is 43.4 Å². The van der Waals surface area contributed by atoms with Gasteiger partial charge in [-0.3, -0.25) is 0 Å². The van der Waals surface area contributed by atoms with Gasteiger partial charge in [0, 0.05) is 0 Å². The summed E-state index contributed by atoms with van der Waals surface area (Å²) < 4.78 is 0. The molecular formula is C11H22O. The van der Waals surface area contributed by atoms with E-state index in [4.69, 9.17) is 0 Å². The van der Waals surface area contributed by atoms with Gasteiger partial charge in [0.25, 0.3) is 0 Å². The van der Waals surface area contributed by atoms with E-state index in [9.17, 15) is 5.11 Å². The van der Waals surface area contributed by atoms with Gasteiger partial charge < -0.3 is 5.11 Å². The van der Waals surface area contributed by atoms with Crippen molar-refractivity contribution in [2.24, 2.45) is 11.3 Å². The molecule has 1 aliphatic rings. The number of aliphatic hydroxyl groups excluding tert-OH is 1. The highest BCUT2D eigenvalue weighted by Gasteiger charge is 2.30. The Morgan fingerprint density at radius 2 is 1.83 bits per heavy atom. The van der Waals surface area contributed by atoms with Crippen molar-refractivity contribution in [3.63, 3.8) is 0 Å². The van der Waals surface area contributed by atoms with Crippen molar-refractivity contribution >= 4 is 0 Å². The van der Waals surface area contributed by atoms with Gasteiger partial charge in [-0.25, -0.2) is 0 Å². The van der Waals surface area contributed by atoms with Crippen LogP contribution in [0.5, 0.6) is 0 Å². The lowest BCUT2D eigenvalue weighted by Gasteiger charge is -2.37. The molecular weight excluding hydrogens is 148 g/mol. The molecule has 0 saturated heterocycles. The Bertz CT molecular complexity index is 132. The Labute approximate surface area is 76.2 Å². The first-order valence-corrected chi connectivity index (χ1v) is 5.20. The summed E-state index contributed by atoms with van der Waals surface area (Å²) in [6.07, 6.45) is 5.77. The molecule has 1 aliphatic carbocycles. The monoisotopic (exact) mass is 170 g/mol. The van der Waals surface area contributed by atoms with Crippen molar-refractivity contribution in [3.8, 4) is 0 Å². The Balaban J connectivity index is 2.39. The second-order valence-corrected chi connectivity index (χ2v) is 5.14. The van der Waals surface area contributed by atoms with Crippen LogP contribution in [0, 0.1) is 11.3 Å². The predicted molar refractivity (Wildman–Crippen MR) is 52.0 cm³/mol. The van der Waals surface area contributed by atoms with E-state index in [1.165, 1.54) is 19.3 Å². The average molecular weight is 170 g/mol. The topological polar surface area (TPSA) is 20.2 Å². The summed E-state index contributed by atoms with van der Waals surface area (Å²) in [5.41, 5.74) is 0.521. The highest BCUT2D eigenvalue weighted by atomic mass is 16.3. The highest BCUT2D eigenvalue weighted by molar-refractivity contribution is 4.82.